The van der Waals surface area contributed by atoms with Gasteiger partial charge in [-0.05, 0) is 32.1 Å². The van der Waals surface area contributed by atoms with E-state index in [0.29, 0.717) is 6.54 Å². The van der Waals surface area contributed by atoms with E-state index >= 15 is 0 Å². The summed E-state index contributed by atoms with van der Waals surface area (Å²) in [7, 11) is 0. The summed E-state index contributed by atoms with van der Waals surface area (Å²) in [4.78, 5) is 14.0. The summed E-state index contributed by atoms with van der Waals surface area (Å²) in [5.74, 6) is 0.371. The average Bonchev–Trinajstić information content (AvgIpc) is 2.82. The fraction of sp³-hybridized carbons (Fsp3) is 0.769. The van der Waals surface area contributed by atoms with Gasteiger partial charge in [-0.15, -0.1) is 0 Å². The van der Waals surface area contributed by atoms with Gasteiger partial charge in [0.25, 0.3) is 0 Å². The highest BCUT2D eigenvalue weighted by Gasteiger charge is 2.35. The topological polar surface area (TPSA) is 40.5 Å². The van der Waals surface area contributed by atoms with Crippen LogP contribution in [0.15, 0.2) is 12.2 Å². The Bertz CT molecular complexity index is 292. The molecule has 2 aliphatic rings. The van der Waals surface area contributed by atoms with Crippen molar-refractivity contribution in [1.29, 1.82) is 0 Å². The first-order valence-corrected chi connectivity index (χ1v) is 6.31. The molecule has 1 unspecified atom stereocenters. The first kappa shape index (κ1) is 11.6. The number of piperidine rings is 1. The summed E-state index contributed by atoms with van der Waals surface area (Å²) in [6.07, 6.45) is 8.41. The number of likely N-dealkylation sites (tertiary alicyclic amines) is 1. The van der Waals surface area contributed by atoms with Crippen molar-refractivity contribution in [3.63, 3.8) is 0 Å². The molecule has 90 valence electrons. The Kier molecular flexibility index (Phi) is 3.33. The van der Waals surface area contributed by atoms with Crippen molar-refractivity contribution in [3.05, 3.63) is 12.2 Å². The van der Waals surface area contributed by atoms with E-state index in [1.54, 1.807) is 0 Å². The normalized spacial score (nSPS) is 31.0. The molecular formula is C13H21NO2. The smallest absolute Gasteiger partial charge is 0.226 e. The lowest BCUT2D eigenvalue weighted by Crippen LogP contribution is -2.51. The highest BCUT2D eigenvalue weighted by molar-refractivity contribution is 5.79. The van der Waals surface area contributed by atoms with Gasteiger partial charge in [-0.2, -0.15) is 0 Å². The van der Waals surface area contributed by atoms with Crippen molar-refractivity contribution < 1.29 is 9.90 Å². The largest absolute Gasteiger partial charge is 0.388 e. The minimum Gasteiger partial charge on any atom is -0.388 e. The number of carbonyl (C=O) groups excluding carboxylic acids is 1. The number of aliphatic hydroxyl groups is 1. The maximum Gasteiger partial charge on any atom is 0.226 e. The zero-order valence-electron chi connectivity index (χ0n) is 9.98. The summed E-state index contributed by atoms with van der Waals surface area (Å²) in [5, 5.41) is 10.2. The Morgan fingerprint density at radius 3 is 2.81 bits per heavy atom. The summed E-state index contributed by atoms with van der Waals surface area (Å²) in [5.41, 5.74) is -0.639. The third-order valence-electron chi connectivity index (χ3n) is 3.88. The lowest BCUT2D eigenvalue weighted by molar-refractivity contribution is -0.142. The van der Waals surface area contributed by atoms with Crippen LogP contribution in [0.5, 0.6) is 0 Å². The quantitative estimate of drug-likeness (QED) is 0.724. The molecule has 0 radical (unpaired) electrons. The first-order chi connectivity index (χ1) is 7.64. The minimum atomic E-state index is -0.639. The molecule has 1 N–H and O–H groups in total. The van der Waals surface area contributed by atoms with Gasteiger partial charge >= 0.3 is 0 Å². The van der Waals surface area contributed by atoms with Crippen LogP contribution in [0.2, 0.25) is 0 Å². The van der Waals surface area contributed by atoms with E-state index in [0.717, 1.165) is 38.6 Å². The molecule has 16 heavy (non-hydrogen) atoms. The fourth-order valence-corrected chi connectivity index (χ4v) is 2.67. The maximum absolute atomic E-state index is 12.2. The Morgan fingerprint density at radius 2 is 2.19 bits per heavy atom. The molecule has 2 rings (SSSR count). The van der Waals surface area contributed by atoms with Crippen LogP contribution in [0, 0.1) is 5.92 Å². The third kappa shape index (κ3) is 2.29. The van der Waals surface area contributed by atoms with Gasteiger partial charge in [0.05, 0.1) is 5.60 Å². The molecule has 0 aromatic heterocycles. The number of hydrogen-bond acceptors (Lipinski definition) is 2. The number of amides is 1. The molecule has 0 saturated carbocycles. The van der Waals surface area contributed by atoms with Crippen LogP contribution in [-0.2, 0) is 4.79 Å². The van der Waals surface area contributed by atoms with Gasteiger partial charge in [0.2, 0.25) is 5.91 Å². The fourth-order valence-electron chi connectivity index (χ4n) is 2.67. The van der Waals surface area contributed by atoms with Crippen LogP contribution in [-0.4, -0.2) is 34.6 Å². The molecular weight excluding hydrogens is 202 g/mol. The number of nitrogens with zero attached hydrogens (tertiary/aromatic N) is 1. The first-order valence-electron chi connectivity index (χ1n) is 6.31. The molecule has 1 fully saturated rings. The molecule has 3 heteroatoms. The van der Waals surface area contributed by atoms with Crippen molar-refractivity contribution >= 4 is 5.91 Å². The van der Waals surface area contributed by atoms with E-state index in [4.69, 9.17) is 0 Å². The monoisotopic (exact) mass is 223 g/mol. The highest BCUT2D eigenvalue weighted by Crippen LogP contribution is 2.27. The number of carbonyl (C=O) groups is 1. The number of β-amino-alcohol motifs (C(OH)–C–C–N with tert-alkyl or cyclic N) is 1. The van der Waals surface area contributed by atoms with E-state index in [1.807, 2.05) is 11.8 Å². The molecule has 3 nitrogen and oxygen atoms in total. The Hall–Kier alpha value is -0.830. The van der Waals surface area contributed by atoms with Crippen molar-refractivity contribution in [2.24, 2.45) is 5.92 Å². The van der Waals surface area contributed by atoms with Gasteiger partial charge in [0.1, 0.15) is 0 Å². The molecule has 1 heterocycles. The second-order valence-corrected chi connectivity index (χ2v) is 5.08. The molecule has 1 atom stereocenters. The van der Waals surface area contributed by atoms with Crippen LogP contribution in [0.1, 0.15) is 39.0 Å². The lowest BCUT2D eigenvalue weighted by Gasteiger charge is -2.39. The molecule has 1 aliphatic carbocycles. The van der Waals surface area contributed by atoms with Gasteiger partial charge in [-0.3, -0.25) is 4.79 Å². The van der Waals surface area contributed by atoms with Crippen LogP contribution >= 0.6 is 0 Å². The van der Waals surface area contributed by atoms with Gasteiger partial charge in [0, 0.05) is 19.0 Å². The van der Waals surface area contributed by atoms with E-state index in [-0.39, 0.29) is 11.8 Å². The predicted molar refractivity (Wildman–Crippen MR) is 62.9 cm³/mol. The van der Waals surface area contributed by atoms with Crippen molar-refractivity contribution in [2.75, 3.05) is 13.1 Å². The van der Waals surface area contributed by atoms with E-state index in [1.165, 1.54) is 0 Å². The van der Waals surface area contributed by atoms with Crippen LogP contribution in [0.3, 0.4) is 0 Å². The van der Waals surface area contributed by atoms with Gasteiger partial charge in [0.15, 0.2) is 0 Å². The van der Waals surface area contributed by atoms with Crippen molar-refractivity contribution in [1.82, 2.24) is 4.90 Å². The lowest BCUT2D eigenvalue weighted by atomic mass is 9.89. The van der Waals surface area contributed by atoms with Crippen molar-refractivity contribution in [3.8, 4) is 0 Å². The third-order valence-corrected chi connectivity index (χ3v) is 3.88. The van der Waals surface area contributed by atoms with Crippen LogP contribution in [0.25, 0.3) is 0 Å². The predicted octanol–water partition coefficient (Wildman–Crippen LogP) is 1.72. The number of rotatable bonds is 2. The van der Waals surface area contributed by atoms with Crippen LogP contribution in [0.4, 0.5) is 0 Å². The van der Waals surface area contributed by atoms with Crippen molar-refractivity contribution in [2.45, 2.75) is 44.6 Å². The molecule has 0 aromatic carbocycles. The number of allylic oxidation sites excluding steroid dienone is 2. The van der Waals surface area contributed by atoms with E-state index < -0.39 is 5.60 Å². The SMILES string of the molecule is CCC1(O)CCCN(C(=O)C2CC=CC2)C1. The molecule has 0 spiro atoms. The van der Waals surface area contributed by atoms with Gasteiger partial charge in [-0.1, -0.05) is 19.1 Å². The summed E-state index contributed by atoms with van der Waals surface area (Å²) in [6.45, 7) is 3.33. The van der Waals surface area contributed by atoms with Crippen LogP contribution < -0.4 is 0 Å². The van der Waals surface area contributed by atoms with E-state index in [2.05, 4.69) is 12.2 Å². The van der Waals surface area contributed by atoms with Gasteiger partial charge < -0.3 is 10.0 Å². The Morgan fingerprint density at radius 1 is 1.50 bits per heavy atom. The summed E-state index contributed by atoms with van der Waals surface area (Å²) in [6, 6.07) is 0. The Balaban J connectivity index is 1.96. The molecule has 0 aromatic rings. The number of hydrogen-bond donors (Lipinski definition) is 1. The maximum atomic E-state index is 12.2. The standard InChI is InChI=1S/C13H21NO2/c1-2-13(16)8-5-9-14(10-13)12(15)11-6-3-4-7-11/h3-4,11,16H,2,5-10H2,1H3. The second kappa shape index (κ2) is 4.58. The zero-order chi connectivity index (χ0) is 11.6. The molecule has 1 saturated heterocycles. The average molecular weight is 223 g/mol. The molecule has 1 amide bonds. The second-order valence-electron chi connectivity index (χ2n) is 5.08. The summed E-state index contributed by atoms with van der Waals surface area (Å²) >= 11 is 0. The summed E-state index contributed by atoms with van der Waals surface area (Å²) < 4.78 is 0. The van der Waals surface area contributed by atoms with E-state index in [9.17, 15) is 9.90 Å². The highest BCUT2D eigenvalue weighted by atomic mass is 16.3. The Labute approximate surface area is 97.1 Å². The minimum absolute atomic E-state index is 0.138. The molecule has 0 bridgehead atoms. The zero-order valence-corrected chi connectivity index (χ0v) is 9.98. The van der Waals surface area contributed by atoms with Gasteiger partial charge in [-0.25, -0.2) is 0 Å². The molecule has 1 aliphatic heterocycles.